The number of halogens is 6. The van der Waals surface area contributed by atoms with E-state index in [1.807, 2.05) is 12.1 Å². The molecule has 5 unspecified atom stereocenters. The molecule has 1 amide bonds. The predicted molar refractivity (Wildman–Crippen MR) is 182 cm³/mol. The van der Waals surface area contributed by atoms with Gasteiger partial charge in [-0.15, -0.1) is 0 Å². The number of hydrogen-bond acceptors (Lipinski definition) is 7. The number of aryl methyl sites for hydroxylation is 1. The molecule has 4 rings (SSSR count). The lowest BCUT2D eigenvalue weighted by molar-refractivity contribution is -0.322. The zero-order valence-electron chi connectivity index (χ0n) is 28.1. The van der Waals surface area contributed by atoms with Crippen LogP contribution in [0, 0.1) is 17.3 Å². The summed E-state index contributed by atoms with van der Waals surface area (Å²) < 4.78 is 92.8. The van der Waals surface area contributed by atoms with Crippen molar-refractivity contribution in [2.24, 2.45) is 17.3 Å². The van der Waals surface area contributed by atoms with Gasteiger partial charge in [0.25, 0.3) is 0 Å². The number of aliphatic hydroxyl groups is 1. The average molecular weight is 744 g/mol. The van der Waals surface area contributed by atoms with Gasteiger partial charge in [0.2, 0.25) is 6.10 Å². The number of benzene rings is 1. The van der Waals surface area contributed by atoms with Crippen molar-refractivity contribution in [3.8, 4) is 5.75 Å². The molecule has 0 heterocycles. The molecule has 0 spiro atoms. The fourth-order valence-corrected chi connectivity index (χ4v) is 9.21. The molecule has 3 aliphatic rings. The average Bonchev–Trinajstić information content (AvgIpc) is 3.38. The number of alkyl halides is 6. The Hall–Kier alpha value is -1.35. The van der Waals surface area contributed by atoms with Gasteiger partial charge >= 0.3 is 18.4 Å². The number of amides is 1. The topological polar surface area (TPSA) is 68.2 Å². The number of thiol groups is 2. The molecule has 6 atom stereocenters. The van der Waals surface area contributed by atoms with E-state index in [1.165, 1.54) is 11.1 Å². The van der Waals surface area contributed by atoms with Gasteiger partial charge in [-0.2, -0.15) is 51.6 Å². The molecule has 49 heavy (non-hydrogen) atoms. The standard InChI is InChI=1S/C35H51F6NO5S2/c1-33-15-13-27-26-10-8-25(47-32(44)42(24(22-49)14-20-48)16-4-2-3-5-17-43)21-23(26)7-9-28(27)29(33)11-12-30(33)45-18-6-19-46-31(34(36,37)38)35(39,40)41/h8,10,21,24,27-31,43,48-49H,2-7,9,11-20,22H2,1H3/t24?,27?,28-,29?,30?,33?/m1/s1. The van der Waals surface area contributed by atoms with Crippen LogP contribution in [0.2, 0.25) is 0 Å². The van der Waals surface area contributed by atoms with Crippen LogP contribution in [0.3, 0.4) is 0 Å². The minimum atomic E-state index is -5.52. The first-order valence-electron chi connectivity index (χ1n) is 17.5. The summed E-state index contributed by atoms with van der Waals surface area (Å²) in [6, 6.07) is 5.88. The van der Waals surface area contributed by atoms with E-state index in [-0.39, 0.29) is 37.2 Å². The Morgan fingerprint density at radius 3 is 2.41 bits per heavy atom. The molecule has 0 saturated heterocycles. The zero-order valence-corrected chi connectivity index (χ0v) is 29.9. The minimum absolute atomic E-state index is 0.0400. The van der Waals surface area contributed by atoms with Crippen LogP contribution in [-0.4, -0.2) is 84.6 Å². The lowest BCUT2D eigenvalue weighted by atomic mass is 9.55. The first-order valence-corrected chi connectivity index (χ1v) is 18.8. The summed E-state index contributed by atoms with van der Waals surface area (Å²) in [5.41, 5.74) is 2.36. The molecule has 1 N–H and O–H groups in total. The van der Waals surface area contributed by atoms with E-state index in [9.17, 15) is 31.1 Å². The van der Waals surface area contributed by atoms with Gasteiger partial charge in [0.05, 0.1) is 6.10 Å². The lowest BCUT2D eigenvalue weighted by Gasteiger charge is -2.50. The van der Waals surface area contributed by atoms with Crippen molar-refractivity contribution < 1.29 is 50.5 Å². The molecule has 3 aliphatic carbocycles. The van der Waals surface area contributed by atoms with Gasteiger partial charge in [-0.05, 0) is 116 Å². The lowest BCUT2D eigenvalue weighted by Crippen LogP contribution is -2.45. The Morgan fingerprint density at radius 1 is 1.00 bits per heavy atom. The van der Waals surface area contributed by atoms with Crippen molar-refractivity contribution in [1.82, 2.24) is 4.90 Å². The largest absolute Gasteiger partial charge is 0.423 e. The van der Waals surface area contributed by atoms with Crippen molar-refractivity contribution in [3.63, 3.8) is 0 Å². The maximum absolute atomic E-state index is 13.4. The molecular formula is C35H51F6NO5S2. The van der Waals surface area contributed by atoms with Crippen molar-refractivity contribution in [2.75, 3.05) is 37.9 Å². The maximum atomic E-state index is 13.4. The van der Waals surface area contributed by atoms with E-state index < -0.39 is 31.2 Å². The quantitative estimate of drug-likeness (QED) is 0.0846. The Bertz CT molecular complexity index is 1190. The molecular weight excluding hydrogens is 693 g/mol. The molecule has 1 aromatic rings. The molecule has 0 radical (unpaired) electrons. The highest BCUT2D eigenvalue weighted by Crippen LogP contribution is 2.61. The number of carbonyl (C=O) groups excluding carboxylic acids is 1. The summed E-state index contributed by atoms with van der Waals surface area (Å²) >= 11 is 8.85. The van der Waals surface area contributed by atoms with Crippen LogP contribution in [0.4, 0.5) is 31.1 Å². The fourth-order valence-electron chi connectivity index (χ4n) is 8.53. The van der Waals surface area contributed by atoms with Gasteiger partial charge in [0.1, 0.15) is 5.75 Å². The second-order valence-corrected chi connectivity index (χ2v) is 14.8. The second kappa shape index (κ2) is 17.9. The van der Waals surface area contributed by atoms with E-state index >= 15 is 0 Å². The van der Waals surface area contributed by atoms with Crippen LogP contribution < -0.4 is 4.74 Å². The Morgan fingerprint density at radius 2 is 1.73 bits per heavy atom. The third-order valence-electron chi connectivity index (χ3n) is 11.0. The minimum Gasteiger partial charge on any atom is -0.410 e. The summed E-state index contributed by atoms with van der Waals surface area (Å²) in [6.45, 7) is 2.28. The summed E-state index contributed by atoms with van der Waals surface area (Å²) in [4.78, 5) is 15.2. The van der Waals surface area contributed by atoms with Crippen molar-refractivity contribution >= 4 is 31.4 Å². The van der Waals surface area contributed by atoms with Crippen molar-refractivity contribution in [2.45, 2.75) is 120 Å². The van der Waals surface area contributed by atoms with Gasteiger partial charge in [-0.3, -0.25) is 0 Å². The zero-order chi connectivity index (χ0) is 35.8. The number of carbonyl (C=O) groups is 1. The number of hydrogen-bond donors (Lipinski definition) is 3. The van der Waals surface area contributed by atoms with Crippen LogP contribution in [0.1, 0.15) is 94.6 Å². The third kappa shape index (κ3) is 10.2. The summed E-state index contributed by atoms with van der Waals surface area (Å²) in [7, 11) is 0. The highest BCUT2D eigenvalue weighted by atomic mass is 32.1. The fraction of sp³-hybridized carbons (Fsp3) is 0.800. The van der Waals surface area contributed by atoms with Crippen LogP contribution in [0.15, 0.2) is 18.2 Å². The maximum Gasteiger partial charge on any atom is 0.423 e. The Labute approximate surface area is 296 Å². The number of nitrogens with zero attached hydrogens (tertiary/aromatic N) is 1. The SMILES string of the molecule is CC12CCC3c4ccc(OC(=O)N(CCCCCCO)C(CS)CCS)cc4CC[C@H]3C1CCC2OCCCOC(C(F)(F)F)C(F)(F)F. The van der Waals surface area contributed by atoms with E-state index in [0.29, 0.717) is 48.0 Å². The molecule has 14 heteroatoms. The van der Waals surface area contributed by atoms with Gasteiger partial charge < -0.3 is 24.2 Å². The molecule has 280 valence electrons. The van der Waals surface area contributed by atoms with Gasteiger partial charge in [-0.25, -0.2) is 4.79 Å². The number of ether oxygens (including phenoxy) is 3. The number of fused-ring (bicyclic) bond motifs is 5. The summed E-state index contributed by atoms with van der Waals surface area (Å²) in [5.74, 6) is 2.85. The van der Waals surface area contributed by atoms with E-state index in [0.717, 1.165) is 64.2 Å². The highest BCUT2D eigenvalue weighted by molar-refractivity contribution is 7.80. The summed E-state index contributed by atoms with van der Waals surface area (Å²) in [6.07, 6.45) is -5.86. The number of unbranched alkanes of at least 4 members (excludes halogenated alkanes) is 3. The van der Waals surface area contributed by atoms with Gasteiger partial charge in [-0.1, -0.05) is 25.8 Å². The molecule has 2 saturated carbocycles. The van der Waals surface area contributed by atoms with E-state index in [1.54, 1.807) is 4.90 Å². The van der Waals surface area contributed by atoms with Crippen LogP contribution >= 0.6 is 25.3 Å². The number of aliphatic hydroxyl groups excluding tert-OH is 1. The van der Waals surface area contributed by atoms with Crippen molar-refractivity contribution in [1.29, 1.82) is 0 Å². The number of rotatable bonds is 17. The van der Waals surface area contributed by atoms with E-state index in [4.69, 9.17) is 14.6 Å². The van der Waals surface area contributed by atoms with Crippen LogP contribution in [0.25, 0.3) is 0 Å². The Balaban J connectivity index is 1.33. The van der Waals surface area contributed by atoms with Gasteiger partial charge in [0, 0.05) is 38.2 Å². The first kappa shape index (κ1) is 40.4. The monoisotopic (exact) mass is 743 g/mol. The second-order valence-electron chi connectivity index (χ2n) is 14.0. The Kier molecular flexibility index (Phi) is 14.8. The third-order valence-corrected chi connectivity index (χ3v) is 11.6. The van der Waals surface area contributed by atoms with E-state index in [2.05, 4.69) is 43.0 Å². The molecule has 2 fully saturated rings. The van der Waals surface area contributed by atoms with Gasteiger partial charge in [0.15, 0.2) is 0 Å². The van der Waals surface area contributed by atoms with Crippen LogP contribution in [0.5, 0.6) is 5.75 Å². The predicted octanol–water partition coefficient (Wildman–Crippen LogP) is 8.80. The molecule has 0 aromatic heterocycles. The molecule has 6 nitrogen and oxygen atoms in total. The normalized spacial score (nSPS) is 25.9. The molecule has 0 bridgehead atoms. The molecule has 1 aromatic carbocycles. The summed E-state index contributed by atoms with van der Waals surface area (Å²) in [5, 5.41) is 9.06. The van der Waals surface area contributed by atoms with Crippen molar-refractivity contribution in [3.05, 3.63) is 29.3 Å². The highest BCUT2D eigenvalue weighted by Gasteiger charge is 2.58. The van der Waals surface area contributed by atoms with Crippen LogP contribution in [-0.2, 0) is 15.9 Å². The smallest absolute Gasteiger partial charge is 0.410 e. The first-order chi connectivity index (χ1) is 23.2. The molecule has 0 aliphatic heterocycles.